The first kappa shape index (κ1) is 14.7. The average Bonchev–Trinajstić information content (AvgIpc) is 2.42. The molecule has 5 nitrogen and oxygen atoms in total. The monoisotopic (exact) mass is 304 g/mol. The number of benzene rings is 1. The van der Waals surface area contributed by atoms with Crippen molar-refractivity contribution in [1.29, 1.82) is 0 Å². The fourth-order valence-electron chi connectivity index (χ4n) is 1.85. The van der Waals surface area contributed by atoms with Crippen LogP contribution in [0.5, 0.6) is 0 Å². The summed E-state index contributed by atoms with van der Waals surface area (Å²) in [4.78, 5) is 0. The van der Waals surface area contributed by atoms with Gasteiger partial charge in [-0.2, -0.15) is 12.7 Å². The van der Waals surface area contributed by atoms with Gasteiger partial charge in [-0.3, -0.25) is 0 Å². The molecule has 2 rings (SSSR count). The summed E-state index contributed by atoms with van der Waals surface area (Å²) in [5.74, 6) is 0. The summed E-state index contributed by atoms with van der Waals surface area (Å²) in [6.45, 7) is 2.12. The Morgan fingerprint density at radius 1 is 1.21 bits per heavy atom. The van der Waals surface area contributed by atoms with Gasteiger partial charge in [-0.25, -0.2) is 4.72 Å². The molecule has 0 radical (unpaired) electrons. The summed E-state index contributed by atoms with van der Waals surface area (Å²) in [7, 11) is -3.38. The highest BCUT2D eigenvalue weighted by Gasteiger charge is 2.23. The molecule has 0 aromatic heterocycles. The van der Waals surface area contributed by atoms with Gasteiger partial charge in [0.25, 0.3) is 10.2 Å². The van der Waals surface area contributed by atoms with E-state index in [-0.39, 0.29) is 0 Å². The molecule has 0 unspecified atom stereocenters. The average molecular weight is 305 g/mol. The van der Waals surface area contributed by atoms with E-state index < -0.39 is 10.2 Å². The van der Waals surface area contributed by atoms with E-state index in [2.05, 4.69) is 4.72 Å². The summed E-state index contributed by atoms with van der Waals surface area (Å²) in [5, 5.41) is 0.678. The van der Waals surface area contributed by atoms with E-state index in [1.807, 2.05) is 12.1 Å². The van der Waals surface area contributed by atoms with Crippen LogP contribution in [0.2, 0.25) is 5.02 Å². The zero-order valence-electron chi connectivity index (χ0n) is 10.5. The first-order chi connectivity index (χ1) is 9.08. The van der Waals surface area contributed by atoms with Gasteiger partial charge in [0.2, 0.25) is 0 Å². The van der Waals surface area contributed by atoms with Gasteiger partial charge in [-0.05, 0) is 24.1 Å². The van der Waals surface area contributed by atoms with Crippen molar-refractivity contribution in [2.45, 2.75) is 6.42 Å². The molecule has 0 bridgehead atoms. The Balaban J connectivity index is 1.82. The van der Waals surface area contributed by atoms with E-state index in [9.17, 15) is 8.42 Å². The lowest BCUT2D eigenvalue weighted by Gasteiger charge is -2.26. The Bertz CT molecular complexity index is 498. The van der Waals surface area contributed by atoms with Gasteiger partial charge in [0.15, 0.2) is 0 Å². The fourth-order valence-corrected chi connectivity index (χ4v) is 3.15. The van der Waals surface area contributed by atoms with E-state index in [1.54, 1.807) is 12.1 Å². The molecule has 1 aliphatic heterocycles. The lowest BCUT2D eigenvalue weighted by Crippen LogP contribution is -2.47. The number of halogens is 1. The predicted octanol–water partition coefficient (Wildman–Crippen LogP) is 1.05. The van der Waals surface area contributed by atoms with Crippen LogP contribution in [0, 0.1) is 0 Å². The van der Waals surface area contributed by atoms with Crippen molar-refractivity contribution in [1.82, 2.24) is 9.03 Å². The molecule has 0 spiro atoms. The Labute approximate surface area is 118 Å². The lowest BCUT2D eigenvalue weighted by atomic mass is 10.2. The molecule has 1 N–H and O–H groups in total. The molecule has 7 heteroatoms. The van der Waals surface area contributed by atoms with Crippen LogP contribution in [0.4, 0.5) is 0 Å². The topological polar surface area (TPSA) is 58.6 Å². The van der Waals surface area contributed by atoms with Crippen LogP contribution < -0.4 is 4.72 Å². The minimum absolute atomic E-state index is 0.376. The number of hydrogen-bond acceptors (Lipinski definition) is 3. The summed E-state index contributed by atoms with van der Waals surface area (Å²) < 4.78 is 33.1. The molecular formula is C12H17ClN2O3S. The zero-order chi connectivity index (χ0) is 13.7. The van der Waals surface area contributed by atoms with Crippen molar-refractivity contribution in [3.63, 3.8) is 0 Å². The molecule has 1 aliphatic rings. The third-order valence-corrected chi connectivity index (χ3v) is 4.79. The maximum absolute atomic E-state index is 12.0. The molecule has 1 heterocycles. The number of nitrogens with one attached hydrogen (secondary N) is 1. The van der Waals surface area contributed by atoms with E-state index >= 15 is 0 Å². The smallest absolute Gasteiger partial charge is 0.279 e. The number of morpholine rings is 1. The van der Waals surface area contributed by atoms with Gasteiger partial charge in [-0.1, -0.05) is 23.7 Å². The fraction of sp³-hybridized carbons (Fsp3) is 0.500. The Hall–Kier alpha value is -0.660. The van der Waals surface area contributed by atoms with Crippen LogP contribution in [0.15, 0.2) is 24.3 Å². The molecule has 0 aliphatic carbocycles. The normalized spacial score (nSPS) is 17.5. The largest absolute Gasteiger partial charge is 0.379 e. The second-order valence-corrected chi connectivity index (χ2v) is 6.48. The van der Waals surface area contributed by atoms with Crippen molar-refractivity contribution >= 4 is 21.8 Å². The summed E-state index contributed by atoms with van der Waals surface area (Å²) in [6, 6.07) is 7.39. The molecule has 0 saturated carbocycles. The first-order valence-electron chi connectivity index (χ1n) is 6.15. The maximum atomic E-state index is 12.0. The van der Waals surface area contributed by atoms with Crippen LogP contribution >= 0.6 is 11.6 Å². The lowest BCUT2D eigenvalue weighted by molar-refractivity contribution is 0.0725. The van der Waals surface area contributed by atoms with E-state index in [0.717, 1.165) is 5.56 Å². The second kappa shape index (κ2) is 6.67. The van der Waals surface area contributed by atoms with Crippen LogP contribution in [0.3, 0.4) is 0 Å². The quantitative estimate of drug-likeness (QED) is 0.884. The van der Waals surface area contributed by atoms with Crippen LogP contribution in [0.1, 0.15) is 5.56 Å². The third-order valence-electron chi connectivity index (χ3n) is 2.92. The van der Waals surface area contributed by atoms with Gasteiger partial charge >= 0.3 is 0 Å². The molecular weight excluding hydrogens is 288 g/mol. The van der Waals surface area contributed by atoms with Crippen LogP contribution in [-0.2, 0) is 21.4 Å². The molecule has 19 heavy (non-hydrogen) atoms. The number of rotatable bonds is 5. The van der Waals surface area contributed by atoms with Crippen molar-refractivity contribution in [2.24, 2.45) is 0 Å². The summed E-state index contributed by atoms with van der Waals surface area (Å²) >= 11 is 5.79. The Morgan fingerprint density at radius 2 is 1.84 bits per heavy atom. The standard InChI is InChI=1S/C12H17ClN2O3S/c13-12-3-1-11(2-4-12)5-6-14-19(16,17)15-7-9-18-10-8-15/h1-4,14H,5-10H2. The number of nitrogens with zero attached hydrogens (tertiary/aromatic N) is 1. The molecule has 0 amide bonds. The molecule has 106 valence electrons. The van der Waals surface area contributed by atoms with Gasteiger partial charge in [0.05, 0.1) is 13.2 Å². The predicted molar refractivity (Wildman–Crippen MR) is 74.5 cm³/mol. The molecule has 1 aromatic rings. The molecule has 0 atom stereocenters. The highest BCUT2D eigenvalue weighted by Crippen LogP contribution is 2.10. The van der Waals surface area contributed by atoms with E-state index in [1.165, 1.54) is 4.31 Å². The van der Waals surface area contributed by atoms with Crippen LogP contribution in [-0.4, -0.2) is 45.6 Å². The minimum Gasteiger partial charge on any atom is -0.379 e. The second-order valence-electron chi connectivity index (χ2n) is 4.29. The van der Waals surface area contributed by atoms with Crippen molar-refractivity contribution < 1.29 is 13.2 Å². The van der Waals surface area contributed by atoms with Gasteiger partial charge in [0, 0.05) is 24.7 Å². The van der Waals surface area contributed by atoms with Crippen molar-refractivity contribution in [3.05, 3.63) is 34.9 Å². The first-order valence-corrected chi connectivity index (χ1v) is 7.97. The third kappa shape index (κ3) is 4.43. The highest BCUT2D eigenvalue weighted by atomic mass is 35.5. The van der Waals surface area contributed by atoms with Gasteiger partial charge in [0.1, 0.15) is 0 Å². The van der Waals surface area contributed by atoms with Crippen molar-refractivity contribution in [3.8, 4) is 0 Å². The van der Waals surface area contributed by atoms with Gasteiger partial charge in [-0.15, -0.1) is 0 Å². The minimum atomic E-state index is -3.38. The van der Waals surface area contributed by atoms with Gasteiger partial charge < -0.3 is 4.74 Å². The Kier molecular flexibility index (Phi) is 5.18. The zero-order valence-corrected chi connectivity index (χ0v) is 12.1. The molecule has 1 fully saturated rings. The SMILES string of the molecule is O=S(=O)(NCCc1ccc(Cl)cc1)N1CCOCC1. The Morgan fingerprint density at radius 3 is 2.47 bits per heavy atom. The maximum Gasteiger partial charge on any atom is 0.279 e. The van der Waals surface area contributed by atoms with E-state index in [0.29, 0.717) is 44.3 Å². The van der Waals surface area contributed by atoms with E-state index in [4.69, 9.17) is 16.3 Å². The molecule has 1 aromatic carbocycles. The van der Waals surface area contributed by atoms with Crippen molar-refractivity contribution in [2.75, 3.05) is 32.8 Å². The molecule has 1 saturated heterocycles. The number of ether oxygens (including phenoxy) is 1. The highest BCUT2D eigenvalue weighted by molar-refractivity contribution is 7.87. The summed E-state index contributed by atoms with van der Waals surface area (Å²) in [6.07, 6.45) is 0.640. The summed E-state index contributed by atoms with van der Waals surface area (Å²) in [5.41, 5.74) is 1.05. The number of hydrogen-bond donors (Lipinski definition) is 1. The van der Waals surface area contributed by atoms with Crippen LogP contribution in [0.25, 0.3) is 0 Å².